The molecular weight excluding hydrogens is 448 g/mol. The van der Waals surface area contributed by atoms with Gasteiger partial charge in [0.05, 0.1) is 5.75 Å². The topological polar surface area (TPSA) is 49.4 Å². The van der Waals surface area contributed by atoms with Crippen molar-refractivity contribution in [2.45, 2.75) is 25.3 Å². The molecule has 0 aliphatic heterocycles. The molecule has 2 amide bonds. The largest absolute Gasteiger partial charge is 0.357 e. The van der Waals surface area contributed by atoms with Gasteiger partial charge < -0.3 is 10.2 Å². The Balaban J connectivity index is 2.02. The van der Waals surface area contributed by atoms with Gasteiger partial charge in [0.15, 0.2) is 0 Å². The fourth-order valence-corrected chi connectivity index (χ4v) is 3.76. The third-order valence-corrected chi connectivity index (χ3v) is 5.86. The lowest BCUT2D eigenvalue weighted by Crippen LogP contribution is -2.47. The second-order valence-electron chi connectivity index (χ2n) is 6.06. The Labute approximate surface area is 177 Å². The molecule has 0 fully saturated rings. The number of carbonyl (C=O) groups excluding carboxylic acids is 2. The quantitative estimate of drug-likeness (QED) is 0.619. The van der Waals surface area contributed by atoms with Crippen LogP contribution in [-0.4, -0.2) is 35.6 Å². The molecule has 2 aromatic carbocycles. The van der Waals surface area contributed by atoms with Crippen LogP contribution in [0.5, 0.6) is 0 Å². The highest BCUT2D eigenvalue weighted by atomic mass is 79.9. The number of halogens is 2. The molecule has 0 heterocycles. The minimum absolute atomic E-state index is 0.0665. The van der Waals surface area contributed by atoms with Gasteiger partial charge in [-0.3, -0.25) is 9.59 Å². The molecule has 27 heavy (non-hydrogen) atoms. The first-order valence-corrected chi connectivity index (χ1v) is 10.8. The van der Waals surface area contributed by atoms with E-state index in [4.69, 9.17) is 11.6 Å². The van der Waals surface area contributed by atoms with Crippen molar-refractivity contribution < 1.29 is 9.59 Å². The molecular formula is C20H22BrClN2O2S. The summed E-state index contributed by atoms with van der Waals surface area (Å²) in [6, 6.07) is 14.8. The number of hydrogen-bond donors (Lipinski definition) is 1. The van der Waals surface area contributed by atoms with Crippen molar-refractivity contribution in [1.82, 2.24) is 10.2 Å². The summed E-state index contributed by atoms with van der Waals surface area (Å²) in [6.45, 7) is 2.11. The highest BCUT2D eigenvalue weighted by Crippen LogP contribution is 2.18. The number of hydrogen-bond acceptors (Lipinski definition) is 3. The molecule has 1 N–H and O–H groups in total. The highest BCUT2D eigenvalue weighted by molar-refractivity contribution is 9.10. The molecule has 0 saturated heterocycles. The van der Waals surface area contributed by atoms with Crippen molar-refractivity contribution in [2.75, 3.05) is 12.8 Å². The molecule has 0 radical (unpaired) electrons. The number of benzene rings is 2. The molecule has 0 aromatic heterocycles. The second-order valence-corrected chi connectivity index (χ2v) is 8.40. The van der Waals surface area contributed by atoms with Crippen molar-refractivity contribution in [3.63, 3.8) is 0 Å². The monoisotopic (exact) mass is 468 g/mol. The lowest BCUT2D eigenvalue weighted by Gasteiger charge is -2.28. The van der Waals surface area contributed by atoms with Crippen molar-refractivity contribution in [3.05, 3.63) is 69.2 Å². The molecule has 4 nitrogen and oxygen atoms in total. The Bertz CT molecular complexity index is 769. The molecule has 0 aliphatic rings. The summed E-state index contributed by atoms with van der Waals surface area (Å²) in [5.74, 6) is 0.797. The minimum Gasteiger partial charge on any atom is -0.357 e. The van der Waals surface area contributed by atoms with E-state index in [1.165, 1.54) is 11.8 Å². The molecule has 2 aromatic rings. The van der Waals surface area contributed by atoms with Gasteiger partial charge in [-0.1, -0.05) is 51.8 Å². The molecule has 2 rings (SSSR count). The summed E-state index contributed by atoms with van der Waals surface area (Å²) in [6.07, 6.45) is 0. The van der Waals surface area contributed by atoms with Crippen LogP contribution in [0.1, 0.15) is 18.1 Å². The number of rotatable bonds is 8. The fraction of sp³-hybridized carbons (Fsp3) is 0.300. The minimum atomic E-state index is -0.550. The Morgan fingerprint density at radius 2 is 1.70 bits per heavy atom. The van der Waals surface area contributed by atoms with Crippen LogP contribution in [0.4, 0.5) is 0 Å². The summed E-state index contributed by atoms with van der Waals surface area (Å²) < 4.78 is 1.03. The summed E-state index contributed by atoms with van der Waals surface area (Å²) in [5, 5.41) is 3.26. The summed E-state index contributed by atoms with van der Waals surface area (Å²) >= 11 is 10.9. The highest BCUT2D eigenvalue weighted by Gasteiger charge is 2.25. The van der Waals surface area contributed by atoms with Gasteiger partial charge in [0.2, 0.25) is 11.8 Å². The van der Waals surface area contributed by atoms with Gasteiger partial charge in [-0.2, -0.15) is 0 Å². The van der Waals surface area contributed by atoms with E-state index in [9.17, 15) is 9.59 Å². The van der Waals surface area contributed by atoms with E-state index in [1.54, 1.807) is 31.0 Å². The van der Waals surface area contributed by atoms with Crippen molar-refractivity contribution in [1.29, 1.82) is 0 Å². The van der Waals surface area contributed by atoms with E-state index in [-0.39, 0.29) is 11.8 Å². The summed E-state index contributed by atoms with van der Waals surface area (Å²) in [4.78, 5) is 26.5. The van der Waals surface area contributed by atoms with Crippen LogP contribution in [0.25, 0.3) is 0 Å². The van der Waals surface area contributed by atoms with Crippen molar-refractivity contribution in [2.24, 2.45) is 0 Å². The van der Waals surface area contributed by atoms with Crippen molar-refractivity contribution >= 4 is 51.1 Å². The number of amides is 2. The second kappa shape index (κ2) is 10.7. The van der Waals surface area contributed by atoms with Gasteiger partial charge in [0.25, 0.3) is 0 Å². The average molecular weight is 470 g/mol. The molecule has 144 valence electrons. The van der Waals surface area contributed by atoms with Crippen LogP contribution in [-0.2, 0) is 21.9 Å². The normalized spacial score (nSPS) is 11.7. The average Bonchev–Trinajstić information content (AvgIpc) is 2.67. The Kier molecular flexibility index (Phi) is 8.67. The summed E-state index contributed by atoms with van der Waals surface area (Å²) in [7, 11) is 1.58. The third-order valence-electron chi connectivity index (χ3n) is 4.09. The number of carbonyl (C=O) groups is 2. The SMILES string of the molecule is CNC(=O)C(C)N(Cc1ccc(Cl)cc1)C(=O)CSCc1ccc(Br)cc1. The fourth-order valence-electron chi connectivity index (χ4n) is 2.50. The zero-order chi connectivity index (χ0) is 19.8. The maximum absolute atomic E-state index is 12.8. The Morgan fingerprint density at radius 1 is 1.11 bits per heavy atom. The Morgan fingerprint density at radius 3 is 2.30 bits per heavy atom. The number of likely N-dealkylation sites (N-methyl/N-ethyl adjacent to an activating group) is 1. The molecule has 0 saturated carbocycles. The van der Waals surface area contributed by atoms with Crippen LogP contribution < -0.4 is 5.32 Å². The molecule has 7 heteroatoms. The van der Waals surface area contributed by atoms with Crippen LogP contribution >= 0.6 is 39.3 Å². The standard InChI is InChI=1S/C20H22BrClN2O2S/c1-14(20(26)23-2)24(11-15-5-9-18(22)10-6-15)19(25)13-27-12-16-3-7-17(21)8-4-16/h3-10,14H,11-13H2,1-2H3,(H,23,26). The van der Waals surface area contributed by atoms with Gasteiger partial charge in [-0.05, 0) is 42.3 Å². The first-order valence-electron chi connectivity index (χ1n) is 8.48. The van der Waals surface area contributed by atoms with E-state index in [0.717, 1.165) is 21.4 Å². The van der Waals surface area contributed by atoms with Crippen molar-refractivity contribution in [3.8, 4) is 0 Å². The number of thioether (sulfide) groups is 1. The van der Waals surface area contributed by atoms with Gasteiger partial charge >= 0.3 is 0 Å². The predicted molar refractivity (Wildman–Crippen MR) is 116 cm³/mol. The van der Waals surface area contributed by atoms with Crippen LogP contribution in [0.3, 0.4) is 0 Å². The number of nitrogens with one attached hydrogen (secondary N) is 1. The third kappa shape index (κ3) is 6.87. The number of nitrogens with zero attached hydrogens (tertiary/aromatic N) is 1. The van der Waals surface area contributed by atoms with E-state index in [0.29, 0.717) is 17.3 Å². The molecule has 1 unspecified atom stereocenters. The molecule has 1 atom stereocenters. The lowest BCUT2D eigenvalue weighted by molar-refractivity contribution is -0.138. The first-order chi connectivity index (χ1) is 12.9. The Hall–Kier alpha value is -1.50. The van der Waals surface area contributed by atoms with E-state index >= 15 is 0 Å². The zero-order valence-corrected chi connectivity index (χ0v) is 18.4. The summed E-state index contributed by atoms with van der Waals surface area (Å²) in [5.41, 5.74) is 2.08. The molecule has 0 aliphatic carbocycles. The maximum atomic E-state index is 12.8. The molecule has 0 bridgehead atoms. The van der Waals surface area contributed by atoms with Crippen LogP contribution in [0.15, 0.2) is 53.0 Å². The predicted octanol–water partition coefficient (Wildman–Crippen LogP) is 4.50. The smallest absolute Gasteiger partial charge is 0.242 e. The van der Waals surface area contributed by atoms with E-state index < -0.39 is 6.04 Å². The maximum Gasteiger partial charge on any atom is 0.242 e. The van der Waals surface area contributed by atoms with Crippen LogP contribution in [0.2, 0.25) is 5.02 Å². The lowest BCUT2D eigenvalue weighted by atomic mass is 10.1. The first kappa shape index (κ1) is 21.8. The van der Waals surface area contributed by atoms with Gasteiger partial charge in [0.1, 0.15) is 6.04 Å². The zero-order valence-electron chi connectivity index (χ0n) is 15.2. The molecule has 0 spiro atoms. The van der Waals surface area contributed by atoms with Gasteiger partial charge in [-0.25, -0.2) is 0 Å². The van der Waals surface area contributed by atoms with Gasteiger partial charge in [-0.15, -0.1) is 11.8 Å². The van der Waals surface area contributed by atoms with Gasteiger partial charge in [0, 0.05) is 28.8 Å². The van der Waals surface area contributed by atoms with E-state index in [2.05, 4.69) is 21.2 Å². The van der Waals surface area contributed by atoms with Crippen LogP contribution in [0, 0.1) is 0 Å². The van der Waals surface area contributed by atoms with E-state index in [1.807, 2.05) is 36.4 Å².